The number of aliphatic hydroxyl groups excluding tert-OH is 1. The summed E-state index contributed by atoms with van der Waals surface area (Å²) in [5.41, 5.74) is 0.494. The zero-order chi connectivity index (χ0) is 40.8. The van der Waals surface area contributed by atoms with Crippen LogP contribution < -0.4 is 5.32 Å². The van der Waals surface area contributed by atoms with E-state index < -0.39 is 77.8 Å². The molecule has 12 nitrogen and oxygen atoms in total. The Morgan fingerprint density at radius 3 is 2.42 bits per heavy atom. The number of amides is 1. The van der Waals surface area contributed by atoms with E-state index in [0.29, 0.717) is 19.3 Å². The van der Waals surface area contributed by atoms with Gasteiger partial charge in [-0.1, -0.05) is 94.1 Å². The van der Waals surface area contributed by atoms with Gasteiger partial charge in [-0.05, 0) is 69.2 Å². The van der Waals surface area contributed by atoms with Gasteiger partial charge >= 0.3 is 11.9 Å². The summed E-state index contributed by atoms with van der Waals surface area (Å²) in [5.74, 6) is -2.12. The number of esters is 2. The van der Waals surface area contributed by atoms with E-state index in [0.717, 1.165) is 55.2 Å². The SMILES string of the molecule is CCCCCC1(CCCCC)O[C@@H]2[C@H](O1)[C@H]1ON(Cc3cccc(C=CCc4ccccc4O)c3)[C@@H]3C(=O)O[C@@H]2C[C@]13C(=O)N[C@H](CO)CCC(=O)OC(C)(C)C. The van der Waals surface area contributed by atoms with Gasteiger partial charge in [-0.3, -0.25) is 19.2 Å². The summed E-state index contributed by atoms with van der Waals surface area (Å²) >= 11 is 0. The molecule has 6 rings (SSSR count). The molecular weight excluding hydrogens is 728 g/mol. The quantitative estimate of drug-likeness (QED) is 0.103. The van der Waals surface area contributed by atoms with Crippen LogP contribution in [0, 0.1) is 5.41 Å². The van der Waals surface area contributed by atoms with Crippen LogP contribution >= 0.6 is 0 Å². The van der Waals surface area contributed by atoms with Crippen molar-refractivity contribution < 1.29 is 48.4 Å². The molecule has 2 aromatic rings. The average molecular weight is 791 g/mol. The molecule has 3 saturated heterocycles. The summed E-state index contributed by atoms with van der Waals surface area (Å²) in [6.45, 7) is 9.43. The fourth-order valence-electron chi connectivity index (χ4n) is 8.89. The number of phenols is 1. The molecule has 1 amide bonds. The molecule has 2 bridgehead atoms. The number of rotatable bonds is 19. The van der Waals surface area contributed by atoms with E-state index in [-0.39, 0.29) is 31.6 Å². The lowest BCUT2D eigenvalue weighted by Crippen LogP contribution is -2.70. The molecule has 2 aromatic carbocycles. The number of allylic oxidation sites excluding steroid dienone is 1. The molecule has 57 heavy (non-hydrogen) atoms. The second-order valence-corrected chi connectivity index (χ2v) is 17.2. The van der Waals surface area contributed by atoms with Crippen molar-refractivity contribution >= 4 is 23.9 Å². The topological polar surface area (TPSA) is 153 Å². The van der Waals surface area contributed by atoms with Gasteiger partial charge in [-0.25, -0.2) is 0 Å². The zero-order valence-electron chi connectivity index (χ0n) is 34.2. The number of benzene rings is 2. The third-order valence-electron chi connectivity index (χ3n) is 11.6. The molecule has 7 atom stereocenters. The van der Waals surface area contributed by atoms with Gasteiger partial charge in [0.2, 0.25) is 5.91 Å². The number of phenolic OH excluding ortho intramolecular Hbond substituents is 1. The summed E-state index contributed by atoms with van der Waals surface area (Å²) in [7, 11) is 0. The van der Waals surface area contributed by atoms with E-state index in [4.69, 9.17) is 23.8 Å². The van der Waals surface area contributed by atoms with Crippen LogP contribution in [0.3, 0.4) is 0 Å². The number of hydrogen-bond acceptors (Lipinski definition) is 11. The molecule has 12 heteroatoms. The van der Waals surface area contributed by atoms with Crippen LogP contribution in [0.1, 0.15) is 122 Å². The molecule has 0 aromatic heterocycles. The van der Waals surface area contributed by atoms with Crippen LogP contribution in [0.25, 0.3) is 6.08 Å². The number of carbonyl (C=O) groups is 3. The van der Waals surface area contributed by atoms with Crippen molar-refractivity contribution in [1.82, 2.24) is 10.4 Å². The number of unbranched alkanes of at least 4 members (excludes halogenated alkanes) is 4. The highest BCUT2D eigenvalue weighted by atomic mass is 16.8. The maximum atomic E-state index is 14.9. The summed E-state index contributed by atoms with van der Waals surface area (Å²) < 4.78 is 25.5. The maximum absolute atomic E-state index is 14.9. The minimum absolute atomic E-state index is 0.00703. The Kier molecular flexibility index (Phi) is 13.8. The number of ether oxygens (including phenoxy) is 4. The Bertz CT molecular complexity index is 1730. The Labute approximate surface area is 337 Å². The fourth-order valence-corrected chi connectivity index (χ4v) is 8.89. The van der Waals surface area contributed by atoms with Gasteiger partial charge in [0, 0.05) is 25.7 Å². The number of carbonyl (C=O) groups excluding carboxylic acids is 3. The van der Waals surface area contributed by atoms with Crippen molar-refractivity contribution in [3.63, 3.8) is 0 Å². The van der Waals surface area contributed by atoms with E-state index in [1.165, 1.54) is 0 Å². The molecule has 0 spiro atoms. The standard InChI is InChI=1S/C45H62N2O10/c1-6-8-12-24-44(25-13-9-7-2)55-37-35-27-45(42(52)46-33(29-48)22-23-36(50)54-43(3,4)5)39(41(51)53-35)47(57-40(45)38(37)56-44)28-31-18-14-16-30(26-31)17-15-20-32-19-10-11-21-34(32)49/h10-11,14-19,21,26,33,35,37-40,48-49H,6-9,12-13,20,22-25,27-29H2,1-5H3,(H,46,52)/t33-,35+,37-,38-,39+,40+,45+/m0/s1. The normalized spacial score (nSPS) is 26.9. The lowest BCUT2D eigenvalue weighted by molar-refractivity contribution is -0.224. The molecule has 3 heterocycles. The van der Waals surface area contributed by atoms with E-state index in [1.54, 1.807) is 38.0 Å². The van der Waals surface area contributed by atoms with Crippen molar-refractivity contribution in [3.8, 4) is 5.75 Å². The van der Waals surface area contributed by atoms with Crippen LogP contribution in [0.15, 0.2) is 54.6 Å². The predicted molar refractivity (Wildman–Crippen MR) is 213 cm³/mol. The van der Waals surface area contributed by atoms with Gasteiger partial charge in [0.05, 0.1) is 19.2 Å². The van der Waals surface area contributed by atoms with Crippen LogP contribution in [0.5, 0.6) is 5.75 Å². The van der Waals surface area contributed by atoms with E-state index in [1.807, 2.05) is 48.6 Å². The monoisotopic (exact) mass is 790 g/mol. The molecule has 4 aliphatic rings. The van der Waals surface area contributed by atoms with Gasteiger partial charge in [-0.15, -0.1) is 0 Å². The number of fused-ring (bicyclic) bond motifs is 4. The Balaban J connectivity index is 1.29. The lowest BCUT2D eigenvalue weighted by atomic mass is 9.62. The molecular formula is C45H62N2O10. The lowest BCUT2D eigenvalue weighted by Gasteiger charge is -2.49. The third kappa shape index (κ3) is 9.74. The number of hydrogen-bond donors (Lipinski definition) is 3. The van der Waals surface area contributed by atoms with Gasteiger partial charge in [0.25, 0.3) is 0 Å². The van der Waals surface area contributed by atoms with Crippen LogP contribution in [-0.4, -0.2) is 87.6 Å². The third-order valence-corrected chi connectivity index (χ3v) is 11.6. The van der Waals surface area contributed by atoms with E-state index in [2.05, 4.69) is 19.2 Å². The molecule has 3 N–H and O–H groups in total. The highest BCUT2D eigenvalue weighted by Crippen LogP contribution is 2.58. The van der Waals surface area contributed by atoms with Crippen LogP contribution in [0.2, 0.25) is 0 Å². The molecule has 312 valence electrons. The fraction of sp³-hybridized carbons (Fsp3) is 0.622. The van der Waals surface area contributed by atoms with Crippen molar-refractivity contribution in [2.24, 2.45) is 5.41 Å². The molecule has 4 fully saturated rings. The second-order valence-electron chi connectivity index (χ2n) is 17.2. The Morgan fingerprint density at radius 1 is 1.02 bits per heavy atom. The highest BCUT2D eigenvalue weighted by molar-refractivity contribution is 5.93. The zero-order valence-corrected chi connectivity index (χ0v) is 34.2. The minimum Gasteiger partial charge on any atom is -0.508 e. The number of nitrogens with one attached hydrogen (secondary N) is 1. The Hall–Kier alpha value is -3.81. The first-order chi connectivity index (χ1) is 27.3. The maximum Gasteiger partial charge on any atom is 0.327 e. The van der Waals surface area contributed by atoms with Gasteiger partial charge < -0.3 is 34.5 Å². The number of aromatic hydroxyl groups is 1. The summed E-state index contributed by atoms with van der Waals surface area (Å²) in [6, 6.07) is 13.2. The molecule has 0 radical (unpaired) electrons. The summed E-state index contributed by atoms with van der Waals surface area (Å²) in [5, 5.41) is 25.2. The number of hydroxylamine groups is 2. The molecule has 0 unspecified atom stereocenters. The van der Waals surface area contributed by atoms with Gasteiger partial charge in [-0.2, -0.15) is 5.06 Å². The second kappa shape index (κ2) is 18.4. The summed E-state index contributed by atoms with van der Waals surface area (Å²) in [6.07, 6.45) is 9.16. The predicted octanol–water partition coefficient (Wildman–Crippen LogP) is 6.69. The first-order valence-corrected chi connectivity index (χ1v) is 21.0. The van der Waals surface area contributed by atoms with Crippen LogP contribution in [-0.2, 0) is 51.1 Å². The first kappa shape index (κ1) is 42.8. The average Bonchev–Trinajstić information content (AvgIpc) is 3.72. The van der Waals surface area contributed by atoms with Gasteiger partial charge in [0.1, 0.15) is 41.2 Å². The minimum atomic E-state index is -1.43. The Morgan fingerprint density at radius 2 is 1.74 bits per heavy atom. The van der Waals surface area contributed by atoms with Crippen LogP contribution in [0.4, 0.5) is 0 Å². The first-order valence-electron chi connectivity index (χ1n) is 21.0. The van der Waals surface area contributed by atoms with Crippen molar-refractivity contribution in [2.45, 2.75) is 166 Å². The number of aliphatic hydroxyl groups is 1. The van der Waals surface area contributed by atoms with E-state index >= 15 is 0 Å². The van der Waals surface area contributed by atoms with Crippen molar-refractivity contribution in [1.29, 1.82) is 0 Å². The van der Waals surface area contributed by atoms with Crippen molar-refractivity contribution in [2.75, 3.05) is 6.61 Å². The highest BCUT2D eigenvalue weighted by Gasteiger charge is 2.76. The molecule has 3 aliphatic heterocycles. The smallest absolute Gasteiger partial charge is 0.327 e. The molecule has 1 saturated carbocycles. The summed E-state index contributed by atoms with van der Waals surface area (Å²) in [4.78, 5) is 48.5. The number of nitrogens with zero attached hydrogens (tertiary/aromatic N) is 1. The largest absolute Gasteiger partial charge is 0.508 e. The number of para-hydroxylation sites is 1. The van der Waals surface area contributed by atoms with E-state index in [9.17, 15) is 24.6 Å². The molecule has 1 aliphatic carbocycles. The van der Waals surface area contributed by atoms with Gasteiger partial charge in [0.15, 0.2) is 11.8 Å². The van der Waals surface area contributed by atoms with Crippen molar-refractivity contribution in [3.05, 3.63) is 71.3 Å².